The molecule has 0 saturated carbocycles. The lowest BCUT2D eigenvalue weighted by atomic mass is 10.1. The van der Waals surface area contributed by atoms with Gasteiger partial charge in [0, 0.05) is 5.56 Å². The van der Waals surface area contributed by atoms with Crippen molar-refractivity contribution in [3.63, 3.8) is 0 Å². The normalized spacial score (nSPS) is 9.91. The van der Waals surface area contributed by atoms with E-state index in [0.717, 1.165) is 12.0 Å². The van der Waals surface area contributed by atoms with E-state index >= 15 is 0 Å². The number of thioether (sulfide) groups is 1. The number of nitriles is 1. The van der Waals surface area contributed by atoms with E-state index in [-0.39, 0.29) is 11.8 Å². The smallest absolute Gasteiger partial charge is 0.178 e. The van der Waals surface area contributed by atoms with Gasteiger partial charge in [-0.05, 0) is 35.9 Å². The maximum Gasteiger partial charge on any atom is 0.178 e. The van der Waals surface area contributed by atoms with E-state index in [2.05, 4.69) is 11.8 Å². The van der Waals surface area contributed by atoms with Crippen molar-refractivity contribution in [3.8, 4) is 17.2 Å². The highest BCUT2D eigenvalue weighted by Gasteiger charge is 2.25. The first kappa shape index (κ1) is 16.9. The third-order valence-corrected chi connectivity index (χ3v) is 3.72. The van der Waals surface area contributed by atoms with Crippen LogP contribution >= 0.6 is 11.8 Å². The summed E-state index contributed by atoms with van der Waals surface area (Å²) in [5.74, 6) is -1.89. The van der Waals surface area contributed by atoms with Crippen molar-refractivity contribution in [1.29, 1.82) is 5.26 Å². The van der Waals surface area contributed by atoms with Gasteiger partial charge in [-0.2, -0.15) is 5.26 Å². The van der Waals surface area contributed by atoms with E-state index in [1.165, 1.54) is 5.40 Å². The topological polar surface area (TPSA) is 23.8 Å². The van der Waals surface area contributed by atoms with Crippen molar-refractivity contribution in [1.82, 2.24) is 0 Å². The molecule has 0 heterocycles. The van der Waals surface area contributed by atoms with Gasteiger partial charge < -0.3 is 0 Å². The fourth-order valence-electron chi connectivity index (χ4n) is 1.81. The lowest BCUT2D eigenvalue weighted by Crippen LogP contribution is -2.02. The molecule has 116 valence electrons. The zero-order valence-electron chi connectivity index (χ0n) is 11.9. The van der Waals surface area contributed by atoms with Gasteiger partial charge in [-0.3, -0.25) is 0 Å². The van der Waals surface area contributed by atoms with Crippen molar-refractivity contribution in [2.24, 2.45) is 0 Å². The van der Waals surface area contributed by atoms with Gasteiger partial charge >= 0.3 is 0 Å². The molecule has 0 amide bonds. The Kier molecular flexibility index (Phi) is 5.31. The molecular weight excluding hydrogens is 326 g/mol. The fraction of sp³-hybridized carbons (Fsp3) is 0.118. The molecule has 2 aromatic carbocycles. The molecule has 0 unspecified atom stereocenters. The molecule has 0 N–H and O–H groups in total. The van der Waals surface area contributed by atoms with Gasteiger partial charge in [0.25, 0.3) is 0 Å². The number of benzene rings is 2. The maximum absolute atomic E-state index is 13.8. The number of nitrogens with zero attached hydrogens (tertiary/aromatic N) is 1. The van der Waals surface area contributed by atoms with Crippen LogP contribution in [0.5, 0.6) is 0 Å². The van der Waals surface area contributed by atoms with Gasteiger partial charge in [-0.15, -0.1) is 0 Å². The van der Waals surface area contributed by atoms with Crippen molar-refractivity contribution < 1.29 is 17.6 Å². The Morgan fingerprint density at radius 1 is 0.913 bits per heavy atom. The second-order valence-electron chi connectivity index (χ2n) is 4.45. The molecule has 0 aromatic heterocycles. The molecule has 1 nitrogen and oxygen atoms in total. The number of hydrogen-bond acceptors (Lipinski definition) is 2. The van der Waals surface area contributed by atoms with E-state index in [4.69, 9.17) is 5.26 Å². The molecule has 0 spiro atoms. The maximum atomic E-state index is 13.8. The summed E-state index contributed by atoms with van der Waals surface area (Å²) < 4.78 is 55.1. The first-order valence-corrected chi connectivity index (χ1v) is 7.34. The largest absolute Gasteiger partial charge is 0.202 e. The van der Waals surface area contributed by atoms with Crippen LogP contribution in [0, 0.1) is 45.8 Å². The van der Waals surface area contributed by atoms with Crippen LogP contribution in [0.4, 0.5) is 17.6 Å². The van der Waals surface area contributed by atoms with Gasteiger partial charge in [0.05, 0.1) is 4.90 Å². The average Bonchev–Trinajstić information content (AvgIpc) is 2.57. The SMILES string of the molecule is CCc1ccc(C#Cc2c(F)c(F)c(SC#N)c(F)c2F)cc1. The van der Waals surface area contributed by atoms with Crippen molar-refractivity contribution in [2.75, 3.05) is 0 Å². The Bertz CT molecular complexity index is 813. The highest BCUT2D eigenvalue weighted by atomic mass is 32.2. The molecule has 0 aliphatic heterocycles. The first-order chi connectivity index (χ1) is 11.0. The molecule has 2 aromatic rings. The molecule has 6 heteroatoms. The van der Waals surface area contributed by atoms with Crippen molar-refractivity contribution in [2.45, 2.75) is 18.2 Å². The van der Waals surface area contributed by atoms with E-state index in [9.17, 15) is 17.6 Å². The van der Waals surface area contributed by atoms with Crippen LogP contribution in [0.25, 0.3) is 0 Å². The molecular formula is C17H9F4NS. The molecule has 0 aliphatic rings. The molecule has 0 radical (unpaired) electrons. The minimum absolute atomic E-state index is 0.0115. The molecule has 23 heavy (non-hydrogen) atoms. The predicted octanol–water partition coefficient (Wildman–Crippen LogP) is 4.78. The second-order valence-corrected chi connectivity index (χ2v) is 5.25. The zero-order valence-corrected chi connectivity index (χ0v) is 12.7. The van der Waals surface area contributed by atoms with E-state index in [1.807, 2.05) is 6.92 Å². The summed E-state index contributed by atoms with van der Waals surface area (Å²) in [5, 5.41) is 9.80. The van der Waals surface area contributed by atoms with Gasteiger partial charge in [-0.25, -0.2) is 17.6 Å². The number of thiocyanates is 1. The average molecular weight is 335 g/mol. The highest BCUT2D eigenvalue weighted by molar-refractivity contribution is 8.03. The van der Waals surface area contributed by atoms with Gasteiger partial charge in [0.2, 0.25) is 0 Å². The summed E-state index contributed by atoms with van der Waals surface area (Å²) in [7, 11) is 0. The number of rotatable bonds is 2. The van der Waals surface area contributed by atoms with Gasteiger partial charge in [0.1, 0.15) is 11.0 Å². The van der Waals surface area contributed by atoms with Crippen LogP contribution in [0.15, 0.2) is 29.2 Å². The molecule has 2 rings (SSSR count). The third-order valence-electron chi connectivity index (χ3n) is 3.06. The third kappa shape index (κ3) is 3.49. The van der Waals surface area contributed by atoms with Crippen LogP contribution in [0.3, 0.4) is 0 Å². The number of aryl methyl sites for hydroxylation is 1. The quantitative estimate of drug-likeness (QED) is 0.259. The summed E-state index contributed by atoms with van der Waals surface area (Å²) >= 11 is 0.0115. The van der Waals surface area contributed by atoms with Crippen molar-refractivity contribution in [3.05, 3.63) is 64.2 Å². The minimum atomic E-state index is -1.62. The lowest BCUT2D eigenvalue weighted by molar-refractivity contribution is 0.423. The van der Waals surface area contributed by atoms with E-state index < -0.39 is 33.7 Å². The Hall–Kier alpha value is -2.44. The van der Waals surface area contributed by atoms with Crippen LogP contribution in [-0.4, -0.2) is 0 Å². The molecule has 0 aliphatic carbocycles. The minimum Gasteiger partial charge on any atom is -0.202 e. The van der Waals surface area contributed by atoms with Gasteiger partial charge in [0.15, 0.2) is 23.3 Å². The summed E-state index contributed by atoms with van der Waals surface area (Å²) in [4.78, 5) is -1.01. The standard InChI is InChI=1S/C17H9F4NS/c1-2-10-3-5-11(6-4-10)7-8-12-13(18)15(20)17(23-9-22)16(21)14(12)19/h3-6H,2H2,1H3. The lowest BCUT2D eigenvalue weighted by Gasteiger charge is -2.05. The van der Waals surface area contributed by atoms with E-state index in [0.29, 0.717) is 5.56 Å². The predicted molar refractivity (Wildman–Crippen MR) is 79.5 cm³/mol. The Labute approximate surface area is 134 Å². The second kappa shape index (κ2) is 7.21. The van der Waals surface area contributed by atoms with Gasteiger partial charge in [-0.1, -0.05) is 30.9 Å². The van der Waals surface area contributed by atoms with Crippen LogP contribution in [0.1, 0.15) is 23.6 Å². The van der Waals surface area contributed by atoms with E-state index in [1.54, 1.807) is 24.3 Å². The Morgan fingerprint density at radius 3 is 1.96 bits per heavy atom. The summed E-state index contributed by atoms with van der Waals surface area (Å²) in [6.07, 6.45) is 0.825. The monoisotopic (exact) mass is 335 g/mol. The number of halogens is 4. The van der Waals surface area contributed by atoms with Crippen LogP contribution in [-0.2, 0) is 6.42 Å². The van der Waals surface area contributed by atoms with Crippen LogP contribution in [0.2, 0.25) is 0 Å². The molecule has 0 bridgehead atoms. The zero-order chi connectivity index (χ0) is 17.0. The fourth-order valence-corrected chi connectivity index (χ4v) is 2.26. The summed E-state index contributed by atoms with van der Waals surface area (Å²) in [5.41, 5.74) is 0.516. The van der Waals surface area contributed by atoms with Crippen molar-refractivity contribution >= 4 is 11.8 Å². The molecule has 0 saturated heterocycles. The highest BCUT2D eigenvalue weighted by Crippen LogP contribution is 2.30. The Balaban J connectivity index is 2.49. The number of hydrogen-bond donors (Lipinski definition) is 0. The summed E-state index contributed by atoms with van der Waals surface area (Å²) in [6, 6.07) is 6.89. The summed E-state index contributed by atoms with van der Waals surface area (Å²) in [6.45, 7) is 1.97. The van der Waals surface area contributed by atoms with Crippen LogP contribution < -0.4 is 0 Å². The molecule has 0 fully saturated rings. The Morgan fingerprint density at radius 2 is 1.48 bits per heavy atom. The first-order valence-electron chi connectivity index (χ1n) is 6.52. The molecule has 0 atom stereocenters.